The summed E-state index contributed by atoms with van der Waals surface area (Å²) in [5.41, 5.74) is 2.38. The number of rotatable bonds is 7. The van der Waals surface area contributed by atoms with E-state index in [9.17, 15) is 0 Å². The number of hydrogen-bond acceptors (Lipinski definition) is 3. The van der Waals surface area contributed by atoms with Crippen LogP contribution in [0.15, 0.2) is 60.0 Å². The van der Waals surface area contributed by atoms with Crippen molar-refractivity contribution in [2.24, 2.45) is 0 Å². The second kappa shape index (κ2) is 7.79. The van der Waals surface area contributed by atoms with Crippen LogP contribution in [0.4, 0.5) is 0 Å². The molecule has 0 fully saturated rings. The van der Waals surface area contributed by atoms with Crippen molar-refractivity contribution in [3.63, 3.8) is 0 Å². The van der Waals surface area contributed by atoms with E-state index in [1.54, 1.807) is 18.9 Å². The van der Waals surface area contributed by atoms with Gasteiger partial charge in [-0.15, -0.1) is 18.3 Å². The third-order valence-electron chi connectivity index (χ3n) is 3.16. The Hall–Kier alpha value is -1.87. The Morgan fingerprint density at radius 3 is 2.43 bits per heavy atom. The van der Waals surface area contributed by atoms with Gasteiger partial charge in [-0.3, -0.25) is 0 Å². The summed E-state index contributed by atoms with van der Waals surface area (Å²) in [6, 6.07) is 14.2. The van der Waals surface area contributed by atoms with Crippen LogP contribution in [0.5, 0.6) is 11.5 Å². The number of thioether (sulfide) groups is 1. The molecular weight excluding hydrogens is 280 g/mol. The normalized spacial score (nSPS) is 10.2. The van der Waals surface area contributed by atoms with Crippen molar-refractivity contribution in [2.75, 3.05) is 13.4 Å². The molecule has 0 aliphatic rings. The third kappa shape index (κ3) is 4.30. The van der Waals surface area contributed by atoms with E-state index in [2.05, 4.69) is 25.0 Å². The second-order valence-electron chi connectivity index (χ2n) is 4.61. The van der Waals surface area contributed by atoms with Crippen molar-refractivity contribution in [3.8, 4) is 11.5 Å². The van der Waals surface area contributed by atoms with Gasteiger partial charge in [0.25, 0.3) is 0 Å². The predicted octanol–water partition coefficient (Wildman–Crippen LogP) is 4.72. The molecule has 0 unspecified atom stereocenters. The van der Waals surface area contributed by atoms with Gasteiger partial charge in [0.05, 0.1) is 7.11 Å². The summed E-state index contributed by atoms with van der Waals surface area (Å²) in [7, 11) is 1.67. The van der Waals surface area contributed by atoms with E-state index in [1.807, 2.05) is 36.4 Å². The van der Waals surface area contributed by atoms with Crippen LogP contribution in [0.25, 0.3) is 0 Å². The van der Waals surface area contributed by atoms with Crippen molar-refractivity contribution >= 4 is 11.8 Å². The number of methoxy groups -OCH3 is 1. The van der Waals surface area contributed by atoms with Gasteiger partial charge >= 0.3 is 0 Å². The fraction of sp³-hybridized carbons (Fsp3) is 0.222. The number of ether oxygens (including phenoxy) is 2. The van der Waals surface area contributed by atoms with Gasteiger partial charge in [0.15, 0.2) is 0 Å². The number of hydrogen-bond donors (Lipinski definition) is 0. The first-order valence-electron chi connectivity index (χ1n) is 6.80. The summed E-state index contributed by atoms with van der Waals surface area (Å²) in [6.45, 7) is 4.33. The lowest BCUT2D eigenvalue weighted by atomic mass is 10.1. The molecule has 0 saturated heterocycles. The van der Waals surface area contributed by atoms with Crippen LogP contribution in [0.2, 0.25) is 0 Å². The number of benzene rings is 2. The minimum atomic E-state index is 0.554. The maximum absolute atomic E-state index is 5.93. The van der Waals surface area contributed by atoms with Gasteiger partial charge in [-0.25, -0.2) is 0 Å². The van der Waals surface area contributed by atoms with Gasteiger partial charge in [0, 0.05) is 4.90 Å². The Morgan fingerprint density at radius 2 is 1.81 bits per heavy atom. The highest BCUT2D eigenvalue weighted by Crippen LogP contribution is 2.29. The predicted molar refractivity (Wildman–Crippen MR) is 89.5 cm³/mol. The van der Waals surface area contributed by atoms with E-state index < -0.39 is 0 Å². The van der Waals surface area contributed by atoms with Crippen molar-refractivity contribution in [2.45, 2.75) is 17.9 Å². The van der Waals surface area contributed by atoms with E-state index in [1.165, 1.54) is 5.56 Å². The van der Waals surface area contributed by atoms with Gasteiger partial charge in [-0.1, -0.05) is 24.3 Å². The van der Waals surface area contributed by atoms with E-state index >= 15 is 0 Å². The molecule has 110 valence electrons. The Labute approximate surface area is 130 Å². The second-order valence-corrected chi connectivity index (χ2v) is 5.46. The van der Waals surface area contributed by atoms with Crippen molar-refractivity contribution in [1.82, 2.24) is 0 Å². The first kappa shape index (κ1) is 15.5. The molecule has 0 saturated carbocycles. The lowest BCUT2D eigenvalue weighted by Crippen LogP contribution is -1.97. The molecule has 0 atom stereocenters. The summed E-state index contributed by atoms with van der Waals surface area (Å²) in [5.74, 6) is 1.78. The lowest BCUT2D eigenvalue weighted by molar-refractivity contribution is 0.298. The molecule has 0 heterocycles. The zero-order chi connectivity index (χ0) is 15.1. The zero-order valence-electron chi connectivity index (χ0n) is 12.5. The van der Waals surface area contributed by atoms with E-state index in [0.29, 0.717) is 6.61 Å². The summed E-state index contributed by atoms with van der Waals surface area (Å²) in [5, 5.41) is 0. The van der Waals surface area contributed by atoms with E-state index in [0.717, 1.165) is 28.4 Å². The first-order chi connectivity index (χ1) is 10.3. The van der Waals surface area contributed by atoms with Crippen molar-refractivity contribution < 1.29 is 9.47 Å². The maximum Gasteiger partial charge on any atom is 0.133 e. The quantitative estimate of drug-likeness (QED) is 0.544. The van der Waals surface area contributed by atoms with Gasteiger partial charge < -0.3 is 9.47 Å². The molecular formula is C18H20O2S. The van der Waals surface area contributed by atoms with Crippen molar-refractivity contribution in [1.29, 1.82) is 0 Å². The number of allylic oxidation sites excluding steroid dienone is 1. The molecule has 2 rings (SSSR count). The topological polar surface area (TPSA) is 18.5 Å². The third-order valence-corrected chi connectivity index (χ3v) is 3.92. The standard InChI is InChI=1S/C18H20O2S/c1-4-5-14-8-11-17(18(12-14)21-3)20-13-15-6-9-16(19-2)10-7-15/h4,6-12H,1,5,13H2,2-3H3. The molecule has 3 heteroatoms. The van der Waals surface area contributed by atoms with Crippen LogP contribution in [0.3, 0.4) is 0 Å². The largest absolute Gasteiger partial charge is 0.497 e. The molecule has 0 amide bonds. The molecule has 0 aliphatic heterocycles. The molecule has 0 N–H and O–H groups in total. The molecule has 0 aliphatic carbocycles. The van der Waals surface area contributed by atoms with Crippen LogP contribution >= 0.6 is 11.8 Å². The van der Waals surface area contributed by atoms with Gasteiger partial charge in [-0.05, 0) is 48.1 Å². The fourth-order valence-electron chi connectivity index (χ4n) is 2.01. The molecule has 21 heavy (non-hydrogen) atoms. The minimum absolute atomic E-state index is 0.554. The Bertz CT molecular complexity index is 591. The highest BCUT2D eigenvalue weighted by molar-refractivity contribution is 7.98. The average Bonchev–Trinajstić information content (AvgIpc) is 2.54. The highest BCUT2D eigenvalue weighted by Gasteiger charge is 2.05. The van der Waals surface area contributed by atoms with Crippen molar-refractivity contribution in [3.05, 3.63) is 66.2 Å². The molecule has 0 aromatic heterocycles. The lowest BCUT2D eigenvalue weighted by Gasteiger charge is -2.12. The van der Waals surface area contributed by atoms with E-state index in [-0.39, 0.29) is 0 Å². The van der Waals surface area contributed by atoms with Gasteiger partial charge in [0.2, 0.25) is 0 Å². The molecule has 0 bridgehead atoms. The smallest absolute Gasteiger partial charge is 0.133 e. The Morgan fingerprint density at radius 1 is 1.10 bits per heavy atom. The molecule has 0 radical (unpaired) electrons. The van der Waals surface area contributed by atoms with Crippen LogP contribution < -0.4 is 9.47 Å². The monoisotopic (exact) mass is 300 g/mol. The summed E-state index contributed by atoms with van der Waals surface area (Å²) < 4.78 is 11.1. The first-order valence-corrected chi connectivity index (χ1v) is 8.03. The van der Waals surface area contributed by atoms with Crippen LogP contribution in [-0.4, -0.2) is 13.4 Å². The molecule has 2 aromatic carbocycles. The Balaban J connectivity index is 2.06. The van der Waals surface area contributed by atoms with E-state index in [4.69, 9.17) is 9.47 Å². The molecule has 2 nitrogen and oxygen atoms in total. The summed E-state index contributed by atoms with van der Waals surface area (Å²) >= 11 is 1.70. The van der Waals surface area contributed by atoms with Crippen LogP contribution in [0, 0.1) is 0 Å². The van der Waals surface area contributed by atoms with Gasteiger partial charge in [-0.2, -0.15) is 0 Å². The summed E-state index contributed by atoms with van der Waals surface area (Å²) in [4.78, 5) is 1.16. The SMILES string of the molecule is C=CCc1ccc(OCc2ccc(OC)cc2)c(SC)c1. The highest BCUT2D eigenvalue weighted by atomic mass is 32.2. The fourth-order valence-corrected chi connectivity index (χ4v) is 2.61. The van der Waals surface area contributed by atoms with Crippen LogP contribution in [0.1, 0.15) is 11.1 Å². The average molecular weight is 300 g/mol. The molecule has 0 spiro atoms. The minimum Gasteiger partial charge on any atom is -0.497 e. The Kier molecular flexibility index (Phi) is 5.76. The summed E-state index contributed by atoms with van der Waals surface area (Å²) in [6.07, 6.45) is 4.86. The van der Waals surface area contributed by atoms with Crippen LogP contribution in [-0.2, 0) is 13.0 Å². The molecule has 2 aromatic rings. The van der Waals surface area contributed by atoms with Gasteiger partial charge in [0.1, 0.15) is 18.1 Å². The zero-order valence-corrected chi connectivity index (χ0v) is 13.3. The maximum atomic E-state index is 5.93.